The normalized spacial score (nSPS) is 20.3. The molecular weight excluding hydrogens is 288 g/mol. The number of hydrogen-bond donors (Lipinski definition) is 4. The molecule has 4 N–H and O–H groups in total. The highest BCUT2D eigenvalue weighted by molar-refractivity contribution is 6.05. The molecule has 0 aromatic heterocycles. The van der Waals surface area contributed by atoms with Gasteiger partial charge in [0.25, 0.3) is 0 Å². The van der Waals surface area contributed by atoms with Crippen LogP contribution < -0.4 is 4.74 Å². The number of hydrogen-bond acceptors (Lipinski definition) is 6. The van der Waals surface area contributed by atoms with Gasteiger partial charge in [-0.1, -0.05) is 12.1 Å². The van der Waals surface area contributed by atoms with Crippen LogP contribution in [0.4, 0.5) is 0 Å². The third-order valence-corrected chi connectivity index (χ3v) is 3.58. The molecule has 6 heteroatoms. The van der Waals surface area contributed by atoms with Gasteiger partial charge in [-0.2, -0.15) is 0 Å². The van der Waals surface area contributed by atoms with Crippen LogP contribution in [0.15, 0.2) is 36.4 Å². The van der Waals surface area contributed by atoms with Crippen molar-refractivity contribution >= 4 is 5.78 Å². The third-order valence-electron chi connectivity index (χ3n) is 3.58. The Hall–Kier alpha value is -2.73. The van der Waals surface area contributed by atoms with Crippen molar-refractivity contribution in [2.24, 2.45) is 0 Å². The van der Waals surface area contributed by atoms with Gasteiger partial charge in [0.1, 0.15) is 34.7 Å². The Kier molecular flexibility index (Phi) is 3.38. The first-order valence-corrected chi connectivity index (χ1v) is 6.68. The van der Waals surface area contributed by atoms with Crippen LogP contribution in [-0.2, 0) is 6.42 Å². The molecule has 2 unspecified atom stereocenters. The highest BCUT2D eigenvalue weighted by Crippen LogP contribution is 2.38. The van der Waals surface area contributed by atoms with Crippen LogP contribution in [-0.4, -0.2) is 38.4 Å². The predicted octanol–water partition coefficient (Wildman–Crippen LogP) is 1.35. The second kappa shape index (κ2) is 5.23. The fourth-order valence-corrected chi connectivity index (χ4v) is 2.49. The zero-order chi connectivity index (χ0) is 15.9. The lowest BCUT2D eigenvalue weighted by Crippen LogP contribution is -2.43. The molecule has 0 saturated heterocycles. The molecule has 1 aliphatic rings. The molecule has 0 amide bonds. The summed E-state index contributed by atoms with van der Waals surface area (Å²) in [5, 5.41) is 38.6. The first-order valence-electron chi connectivity index (χ1n) is 6.68. The smallest absolute Gasteiger partial charge is 0.202 e. The van der Waals surface area contributed by atoms with E-state index in [1.54, 1.807) is 12.1 Å². The van der Waals surface area contributed by atoms with Crippen molar-refractivity contribution in [3.8, 4) is 23.0 Å². The van der Waals surface area contributed by atoms with Gasteiger partial charge in [0, 0.05) is 18.6 Å². The number of aliphatic hydroxyl groups excluding tert-OH is 1. The first kappa shape index (κ1) is 14.2. The van der Waals surface area contributed by atoms with Gasteiger partial charge in [-0.05, 0) is 17.7 Å². The molecular formula is C16H14O6. The SMILES string of the molecule is O=C1c2c(O)cc(O)cc2OC(Cc2ccc(O)cc2)C1O. The number of aliphatic hydroxyl groups is 1. The largest absolute Gasteiger partial charge is 0.508 e. The molecule has 0 saturated carbocycles. The average Bonchev–Trinajstić information content (AvgIpc) is 2.46. The van der Waals surface area contributed by atoms with E-state index in [2.05, 4.69) is 0 Å². The Balaban J connectivity index is 1.91. The van der Waals surface area contributed by atoms with Crippen LogP contribution in [0.5, 0.6) is 23.0 Å². The van der Waals surface area contributed by atoms with Crippen molar-refractivity contribution in [2.45, 2.75) is 18.6 Å². The van der Waals surface area contributed by atoms with E-state index in [1.807, 2.05) is 0 Å². The van der Waals surface area contributed by atoms with Gasteiger partial charge in [0.2, 0.25) is 5.78 Å². The molecule has 0 bridgehead atoms. The third kappa shape index (κ3) is 2.44. The minimum atomic E-state index is -1.42. The van der Waals surface area contributed by atoms with Gasteiger partial charge in [0.05, 0.1) is 0 Å². The summed E-state index contributed by atoms with van der Waals surface area (Å²) >= 11 is 0. The van der Waals surface area contributed by atoms with E-state index in [0.717, 1.165) is 11.6 Å². The summed E-state index contributed by atoms with van der Waals surface area (Å²) in [6.45, 7) is 0. The molecule has 0 spiro atoms. The van der Waals surface area contributed by atoms with Crippen LogP contribution >= 0.6 is 0 Å². The van der Waals surface area contributed by atoms with Gasteiger partial charge >= 0.3 is 0 Å². The van der Waals surface area contributed by atoms with Crippen molar-refractivity contribution in [1.29, 1.82) is 0 Å². The number of carbonyl (C=O) groups excluding carboxylic acids is 1. The minimum absolute atomic E-state index is 0.0385. The lowest BCUT2D eigenvalue weighted by atomic mass is 9.93. The van der Waals surface area contributed by atoms with Gasteiger partial charge in [-0.15, -0.1) is 0 Å². The van der Waals surface area contributed by atoms with Crippen LogP contribution in [0.3, 0.4) is 0 Å². The Labute approximate surface area is 125 Å². The highest BCUT2D eigenvalue weighted by atomic mass is 16.5. The predicted molar refractivity (Wildman–Crippen MR) is 76.3 cm³/mol. The van der Waals surface area contributed by atoms with Gasteiger partial charge < -0.3 is 25.2 Å². The van der Waals surface area contributed by atoms with E-state index in [0.29, 0.717) is 0 Å². The maximum Gasteiger partial charge on any atom is 0.202 e. The summed E-state index contributed by atoms with van der Waals surface area (Å²) in [5.41, 5.74) is 0.634. The lowest BCUT2D eigenvalue weighted by molar-refractivity contribution is 0.0221. The number of Topliss-reactive ketones (excluding diaryl/α,β-unsaturated/α-hetero) is 1. The molecule has 0 radical (unpaired) electrons. The lowest BCUT2D eigenvalue weighted by Gasteiger charge is -2.30. The number of carbonyl (C=O) groups is 1. The molecule has 1 aliphatic heterocycles. The summed E-state index contributed by atoms with van der Waals surface area (Å²) in [5.74, 6) is -1.16. The monoisotopic (exact) mass is 302 g/mol. The molecule has 2 aromatic rings. The van der Waals surface area contributed by atoms with E-state index >= 15 is 0 Å². The summed E-state index contributed by atoms with van der Waals surface area (Å²) in [6.07, 6.45) is -2.02. The molecule has 114 valence electrons. The summed E-state index contributed by atoms with van der Waals surface area (Å²) < 4.78 is 5.56. The number of fused-ring (bicyclic) bond motifs is 1. The molecule has 2 aromatic carbocycles. The number of phenols is 3. The van der Waals surface area contributed by atoms with E-state index in [4.69, 9.17) is 4.74 Å². The zero-order valence-corrected chi connectivity index (χ0v) is 11.4. The molecule has 6 nitrogen and oxygen atoms in total. The van der Waals surface area contributed by atoms with E-state index < -0.39 is 23.7 Å². The van der Waals surface area contributed by atoms with Gasteiger partial charge in [-0.3, -0.25) is 4.79 Å². The highest BCUT2D eigenvalue weighted by Gasteiger charge is 2.38. The Morgan fingerprint density at radius 3 is 2.36 bits per heavy atom. The van der Waals surface area contributed by atoms with E-state index in [1.165, 1.54) is 18.2 Å². The van der Waals surface area contributed by atoms with Crippen molar-refractivity contribution < 1.29 is 30.0 Å². The number of benzene rings is 2. The number of phenolic OH excluding ortho intramolecular Hbond substituents is 3. The van der Waals surface area contributed by atoms with Crippen LogP contribution in [0, 0.1) is 0 Å². The molecule has 1 heterocycles. The zero-order valence-electron chi connectivity index (χ0n) is 11.4. The molecule has 3 rings (SSSR count). The quantitative estimate of drug-likeness (QED) is 0.667. The number of rotatable bonds is 2. The molecule has 0 fully saturated rings. The Morgan fingerprint density at radius 1 is 1.00 bits per heavy atom. The van der Waals surface area contributed by atoms with Gasteiger partial charge in [-0.25, -0.2) is 0 Å². The fourth-order valence-electron chi connectivity index (χ4n) is 2.49. The van der Waals surface area contributed by atoms with E-state index in [9.17, 15) is 25.2 Å². The maximum absolute atomic E-state index is 12.2. The Morgan fingerprint density at radius 2 is 1.68 bits per heavy atom. The van der Waals surface area contributed by atoms with Crippen molar-refractivity contribution in [3.63, 3.8) is 0 Å². The molecule has 22 heavy (non-hydrogen) atoms. The Bertz CT molecular complexity index is 722. The minimum Gasteiger partial charge on any atom is -0.508 e. The topological polar surface area (TPSA) is 107 Å². The van der Waals surface area contributed by atoms with Crippen molar-refractivity contribution in [3.05, 3.63) is 47.5 Å². The fraction of sp³-hybridized carbons (Fsp3) is 0.188. The van der Waals surface area contributed by atoms with Crippen molar-refractivity contribution in [1.82, 2.24) is 0 Å². The van der Waals surface area contributed by atoms with Crippen LogP contribution in [0.1, 0.15) is 15.9 Å². The van der Waals surface area contributed by atoms with E-state index in [-0.39, 0.29) is 29.2 Å². The first-order chi connectivity index (χ1) is 10.5. The van der Waals surface area contributed by atoms with Crippen molar-refractivity contribution in [2.75, 3.05) is 0 Å². The standard InChI is InChI=1S/C16H14O6/c17-9-3-1-8(2-4-9)5-13-15(20)16(21)14-11(19)6-10(18)7-12(14)22-13/h1-4,6-7,13,15,17-20H,5H2. The van der Waals surface area contributed by atoms with Crippen LogP contribution in [0.2, 0.25) is 0 Å². The number of ketones is 1. The molecule has 0 aliphatic carbocycles. The maximum atomic E-state index is 12.2. The second-order valence-electron chi connectivity index (χ2n) is 5.17. The number of ether oxygens (including phenoxy) is 1. The summed E-state index contributed by atoms with van der Waals surface area (Å²) in [6, 6.07) is 8.56. The number of aromatic hydroxyl groups is 3. The van der Waals surface area contributed by atoms with Gasteiger partial charge in [0.15, 0.2) is 6.10 Å². The molecule has 2 atom stereocenters. The summed E-state index contributed by atoms with van der Waals surface area (Å²) in [7, 11) is 0. The van der Waals surface area contributed by atoms with Crippen LogP contribution in [0.25, 0.3) is 0 Å². The second-order valence-corrected chi connectivity index (χ2v) is 5.17. The summed E-state index contributed by atoms with van der Waals surface area (Å²) in [4.78, 5) is 12.2. The average molecular weight is 302 g/mol.